The molecule has 0 bridgehead atoms. The van der Waals surface area contributed by atoms with Gasteiger partial charge in [0.15, 0.2) is 14.9 Å². The van der Waals surface area contributed by atoms with Crippen LogP contribution in [0, 0.1) is 13.8 Å². The van der Waals surface area contributed by atoms with Crippen molar-refractivity contribution in [3.8, 4) is 0 Å². The summed E-state index contributed by atoms with van der Waals surface area (Å²) in [6, 6.07) is 0. The van der Waals surface area contributed by atoms with Crippen LogP contribution < -0.4 is 5.14 Å². The molecule has 0 saturated carbocycles. The Kier molecular flexibility index (Phi) is 3.84. The van der Waals surface area contributed by atoms with Crippen LogP contribution in [0.15, 0.2) is 11.2 Å². The highest BCUT2D eigenvalue weighted by atomic mass is 32.2. The zero-order chi connectivity index (χ0) is 13.3. The lowest BCUT2D eigenvalue weighted by Crippen LogP contribution is -2.24. The van der Waals surface area contributed by atoms with Gasteiger partial charge in [-0.1, -0.05) is 0 Å². The molecule has 1 rings (SSSR count). The van der Waals surface area contributed by atoms with E-state index in [0.29, 0.717) is 11.4 Å². The summed E-state index contributed by atoms with van der Waals surface area (Å²) < 4.78 is 44.9. The minimum absolute atomic E-state index is 0.232. The predicted molar refractivity (Wildman–Crippen MR) is 61.5 cm³/mol. The number of aromatic nitrogens is 2. The summed E-state index contributed by atoms with van der Waals surface area (Å²) in [6.45, 7) is 3.32. The highest BCUT2D eigenvalue weighted by Crippen LogP contribution is 2.09. The van der Waals surface area contributed by atoms with Crippen LogP contribution in [0.4, 0.5) is 0 Å². The SMILES string of the molecule is Cc1ncc(S(=O)(=O)CCS(N)(=O)=O)nc1C. The average molecular weight is 279 g/mol. The van der Waals surface area contributed by atoms with Gasteiger partial charge in [-0.05, 0) is 13.8 Å². The topological polar surface area (TPSA) is 120 Å². The molecule has 1 aromatic rings. The van der Waals surface area contributed by atoms with Crippen LogP contribution >= 0.6 is 0 Å². The van der Waals surface area contributed by atoms with Crippen LogP contribution in [-0.2, 0) is 19.9 Å². The first-order chi connectivity index (χ1) is 7.62. The number of hydrogen-bond donors (Lipinski definition) is 1. The van der Waals surface area contributed by atoms with Crippen LogP contribution in [0.1, 0.15) is 11.4 Å². The standard InChI is InChI=1S/C8H13N3O4S2/c1-6-7(2)11-8(5-10-6)16(12,13)3-4-17(9,14)15/h5H,3-4H2,1-2H3,(H2,9,14,15). The van der Waals surface area contributed by atoms with Crippen molar-refractivity contribution in [1.82, 2.24) is 9.97 Å². The number of primary sulfonamides is 1. The maximum atomic E-state index is 11.7. The van der Waals surface area contributed by atoms with E-state index in [1.165, 1.54) is 0 Å². The van der Waals surface area contributed by atoms with E-state index in [1.54, 1.807) is 13.8 Å². The molecule has 0 radical (unpaired) electrons. The smallest absolute Gasteiger partial charge is 0.210 e. The van der Waals surface area contributed by atoms with Crippen molar-refractivity contribution in [2.45, 2.75) is 18.9 Å². The predicted octanol–water partition coefficient (Wildman–Crippen LogP) is -0.844. The van der Waals surface area contributed by atoms with Crippen LogP contribution in [-0.4, -0.2) is 38.3 Å². The second-order valence-electron chi connectivity index (χ2n) is 3.56. The van der Waals surface area contributed by atoms with E-state index in [9.17, 15) is 16.8 Å². The number of nitrogens with zero attached hydrogens (tertiary/aromatic N) is 2. The van der Waals surface area contributed by atoms with Gasteiger partial charge in [-0.3, -0.25) is 4.98 Å². The van der Waals surface area contributed by atoms with Crippen LogP contribution in [0.5, 0.6) is 0 Å². The lowest BCUT2D eigenvalue weighted by atomic mass is 10.4. The van der Waals surface area contributed by atoms with Crippen molar-refractivity contribution < 1.29 is 16.8 Å². The van der Waals surface area contributed by atoms with Gasteiger partial charge in [0.2, 0.25) is 10.0 Å². The summed E-state index contributed by atoms with van der Waals surface area (Å²) >= 11 is 0. The molecule has 0 aliphatic rings. The normalized spacial score (nSPS) is 12.6. The monoisotopic (exact) mass is 279 g/mol. The second kappa shape index (κ2) is 4.67. The third-order valence-corrected chi connectivity index (χ3v) is 4.73. The molecule has 9 heteroatoms. The van der Waals surface area contributed by atoms with E-state index in [4.69, 9.17) is 5.14 Å². The first-order valence-corrected chi connectivity index (χ1v) is 8.02. The molecule has 0 fully saturated rings. The number of aryl methyl sites for hydroxylation is 2. The Morgan fingerprint density at radius 1 is 1.12 bits per heavy atom. The molecule has 0 amide bonds. The minimum Gasteiger partial charge on any atom is -0.257 e. The van der Waals surface area contributed by atoms with Crippen LogP contribution in [0.25, 0.3) is 0 Å². The van der Waals surface area contributed by atoms with Crippen molar-refractivity contribution in [2.75, 3.05) is 11.5 Å². The van der Waals surface area contributed by atoms with E-state index in [1.807, 2.05) is 0 Å². The van der Waals surface area contributed by atoms with Crippen molar-refractivity contribution >= 4 is 19.9 Å². The summed E-state index contributed by atoms with van der Waals surface area (Å²) in [5.74, 6) is -1.23. The Hall–Kier alpha value is -1.06. The fourth-order valence-corrected chi connectivity index (χ4v) is 3.51. The molecule has 0 aliphatic carbocycles. The molecular weight excluding hydrogens is 266 g/mol. The quantitative estimate of drug-likeness (QED) is 0.767. The van der Waals surface area contributed by atoms with Crippen molar-refractivity contribution in [3.63, 3.8) is 0 Å². The van der Waals surface area contributed by atoms with Gasteiger partial charge in [0.25, 0.3) is 0 Å². The van der Waals surface area contributed by atoms with Gasteiger partial charge in [0.05, 0.1) is 29.1 Å². The fourth-order valence-electron chi connectivity index (χ4n) is 1.00. The summed E-state index contributed by atoms with van der Waals surface area (Å²) in [4.78, 5) is 7.73. The van der Waals surface area contributed by atoms with Gasteiger partial charge in [0, 0.05) is 0 Å². The summed E-state index contributed by atoms with van der Waals surface area (Å²) in [5.41, 5.74) is 1.11. The average Bonchev–Trinajstić information content (AvgIpc) is 2.18. The minimum atomic E-state index is -3.81. The number of sulfone groups is 1. The molecule has 0 aromatic carbocycles. The first kappa shape index (κ1) is 14.0. The maximum Gasteiger partial charge on any atom is 0.210 e. The second-order valence-corrected chi connectivity index (χ2v) is 7.35. The number of sulfonamides is 1. The third-order valence-electron chi connectivity index (χ3n) is 2.13. The van der Waals surface area contributed by atoms with Crippen LogP contribution in [0.3, 0.4) is 0 Å². The Balaban J connectivity index is 3.02. The molecule has 0 spiro atoms. The van der Waals surface area contributed by atoms with Crippen LogP contribution in [0.2, 0.25) is 0 Å². The Labute approximate surface area is 100 Å². The number of rotatable bonds is 4. The van der Waals surface area contributed by atoms with Crippen molar-refractivity contribution in [2.24, 2.45) is 5.14 Å². The van der Waals surface area contributed by atoms with Gasteiger partial charge in [-0.2, -0.15) is 0 Å². The first-order valence-electron chi connectivity index (χ1n) is 4.65. The zero-order valence-corrected chi connectivity index (χ0v) is 11.0. The molecule has 0 unspecified atom stereocenters. The van der Waals surface area contributed by atoms with Crippen molar-refractivity contribution in [1.29, 1.82) is 0 Å². The lowest BCUT2D eigenvalue weighted by molar-refractivity contribution is 0.585. The van der Waals surface area contributed by atoms with E-state index < -0.39 is 31.4 Å². The Morgan fingerprint density at radius 2 is 1.71 bits per heavy atom. The maximum absolute atomic E-state index is 11.7. The largest absolute Gasteiger partial charge is 0.257 e. The molecule has 0 aliphatic heterocycles. The van der Waals surface area contributed by atoms with E-state index >= 15 is 0 Å². The van der Waals surface area contributed by atoms with Crippen molar-refractivity contribution in [3.05, 3.63) is 17.6 Å². The van der Waals surface area contributed by atoms with Gasteiger partial charge < -0.3 is 0 Å². The molecule has 0 saturated heterocycles. The Morgan fingerprint density at radius 3 is 2.18 bits per heavy atom. The number of hydrogen-bond acceptors (Lipinski definition) is 6. The molecule has 7 nitrogen and oxygen atoms in total. The summed E-state index contributed by atoms with van der Waals surface area (Å²) in [6.07, 6.45) is 1.11. The van der Waals surface area contributed by atoms with E-state index in [2.05, 4.69) is 9.97 Å². The van der Waals surface area contributed by atoms with E-state index in [-0.39, 0.29) is 5.03 Å². The molecule has 96 valence electrons. The summed E-state index contributed by atoms with van der Waals surface area (Å²) in [7, 11) is -7.58. The molecule has 1 aromatic heterocycles. The van der Waals surface area contributed by atoms with Gasteiger partial charge >= 0.3 is 0 Å². The molecular formula is C8H13N3O4S2. The van der Waals surface area contributed by atoms with Gasteiger partial charge in [0.1, 0.15) is 0 Å². The fraction of sp³-hybridized carbons (Fsp3) is 0.500. The molecule has 0 atom stereocenters. The summed E-state index contributed by atoms with van der Waals surface area (Å²) in [5, 5.41) is 4.51. The molecule has 17 heavy (non-hydrogen) atoms. The van der Waals surface area contributed by atoms with E-state index in [0.717, 1.165) is 6.20 Å². The van der Waals surface area contributed by atoms with Gasteiger partial charge in [-0.25, -0.2) is 27.0 Å². The zero-order valence-electron chi connectivity index (χ0n) is 9.41. The highest BCUT2D eigenvalue weighted by Gasteiger charge is 2.20. The third kappa shape index (κ3) is 4.02. The highest BCUT2D eigenvalue weighted by molar-refractivity contribution is 7.94. The van der Waals surface area contributed by atoms with Gasteiger partial charge in [-0.15, -0.1) is 0 Å². The molecule has 1 heterocycles. The Bertz CT molecular complexity index is 622. The molecule has 2 N–H and O–H groups in total. The lowest BCUT2D eigenvalue weighted by Gasteiger charge is -2.04. The number of nitrogens with two attached hydrogens (primary N) is 1.